The van der Waals surface area contributed by atoms with Gasteiger partial charge in [0.2, 0.25) is 11.6 Å². The van der Waals surface area contributed by atoms with Crippen LogP contribution in [0.25, 0.3) is 5.82 Å². The maximum absolute atomic E-state index is 12.8. The molecule has 6 N–H and O–H groups in total. The number of hydrazone groups is 1. The van der Waals surface area contributed by atoms with E-state index in [1.54, 1.807) is 24.3 Å². The Balaban J connectivity index is 1.62. The van der Waals surface area contributed by atoms with Gasteiger partial charge in [0, 0.05) is 5.69 Å². The largest absolute Gasteiger partial charge is 0.379 e. The van der Waals surface area contributed by atoms with Crippen molar-refractivity contribution in [1.82, 2.24) is 30.7 Å². The van der Waals surface area contributed by atoms with Crippen molar-refractivity contribution in [3.8, 4) is 5.82 Å². The molecule has 2 heterocycles. The molecule has 2 amide bonds. The van der Waals surface area contributed by atoms with Crippen LogP contribution in [-0.4, -0.2) is 43.3 Å². The van der Waals surface area contributed by atoms with Crippen LogP contribution in [-0.2, 0) is 6.54 Å². The van der Waals surface area contributed by atoms with Crippen molar-refractivity contribution < 1.29 is 14.2 Å². The lowest BCUT2D eigenvalue weighted by Gasteiger charge is -2.11. The molecule has 166 valence electrons. The van der Waals surface area contributed by atoms with Gasteiger partial charge in [-0.3, -0.25) is 9.59 Å². The Morgan fingerprint density at radius 3 is 2.58 bits per heavy atom. The van der Waals surface area contributed by atoms with Gasteiger partial charge in [0.1, 0.15) is 0 Å². The maximum Gasteiger partial charge on any atom is 0.293 e. The Bertz CT molecular complexity index is 1310. The number of rotatable bonds is 8. The van der Waals surface area contributed by atoms with Gasteiger partial charge in [0.25, 0.3) is 11.8 Å². The van der Waals surface area contributed by atoms with Crippen molar-refractivity contribution in [3.05, 3.63) is 77.1 Å². The lowest BCUT2D eigenvalue weighted by Crippen LogP contribution is -2.22. The van der Waals surface area contributed by atoms with E-state index in [1.165, 1.54) is 10.9 Å². The summed E-state index contributed by atoms with van der Waals surface area (Å²) in [5.74, 6) is -1.23. The highest BCUT2D eigenvalue weighted by Gasteiger charge is 2.24. The number of nitrogens with two attached hydrogens (primary N) is 2. The van der Waals surface area contributed by atoms with E-state index >= 15 is 0 Å². The molecular formula is C20H18N10O3. The van der Waals surface area contributed by atoms with Crippen molar-refractivity contribution in [2.75, 3.05) is 11.1 Å². The summed E-state index contributed by atoms with van der Waals surface area (Å²) in [6.07, 6.45) is 1.49. The number of anilines is 2. The SMILES string of the molecule is NC(=O)c1ccccc1NCc1c(C(=O)NN=Cc2ccccc2)nnn1-c1nonc1N. The van der Waals surface area contributed by atoms with Gasteiger partial charge in [0.05, 0.1) is 24.0 Å². The van der Waals surface area contributed by atoms with Crippen LogP contribution in [0, 0.1) is 0 Å². The molecule has 0 atom stereocenters. The summed E-state index contributed by atoms with van der Waals surface area (Å²) in [5.41, 5.74) is 15.4. The predicted octanol–water partition coefficient (Wildman–Crippen LogP) is 0.707. The molecule has 4 aromatic rings. The van der Waals surface area contributed by atoms with Gasteiger partial charge in [-0.2, -0.15) is 9.78 Å². The van der Waals surface area contributed by atoms with E-state index in [0.29, 0.717) is 5.69 Å². The van der Waals surface area contributed by atoms with Crippen molar-refractivity contribution in [3.63, 3.8) is 0 Å². The highest BCUT2D eigenvalue weighted by Crippen LogP contribution is 2.19. The smallest absolute Gasteiger partial charge is 0.293 e. The van der Waals surface area contributed by atoms with E-state index in [0.717, 1.165) is 5.56 Å². The Kier molecular flexibility index (Phi) is 6.02. The number of para-hydroxylation sites is 1. The fourth-order valence-corrected chi connectivity index (χ4v) is 2.93. The Morgan fingerprint density at radius 2 is 1.85 bits per heavy atom. The van der Waals surface area contributed by atoms with Gasteiger partial charge in [-0.25, -0.2) is 10.1 Å². The Labute approximate surface area is 186 Å². The molecule has 33 heavy (non-hydrogen) atoms. The first-order valence-corrected chi connectivity index (χ1v) is 9.58. The van der Waals surface area contributed by atoms with Gasteiger partial charge < -0.3 is 16.8 Å². The molecule has 0 aliphatic carbocycles. The first-order chi connectivity index (χ1) is 16.0. The minimum Gasteiger partial charge on any atom is -0.379 e. The summed E-state index contributed by atoms with van der Waals surface area (Å²) in [5, 5.41) is 22.1. The number of benzene rings is 2. The van der Waals surface area contributed by atoms with Gasteiger partial charge in [-0.05, 0) is 28.0 Å². The van der Waals surface area contributed by atoms with Crippen molar-refractivity contribution in [2.45, 2.75) is 6.54 Å². The highest BCUT2D eigenvalue weighted by molar-refractivity contribution is 5.98. The standard InChI is InChI=1S/C20H18N10O3/c21-17-19(28-33-27-17)30-15(11-23-14-9-5-4-8-13(14)18(22)31)16(25-29-30)20(32)26-24-10-12-6-2-1-3-7-12/h1-10,23H,11H2,(H2,21,27)(H2,22,31)(H,26,32). The zero-order valence-electron chi connectivity index (χ0n) is 17.0. The Hall–Kier alpha value is -5.07. The van der Waals surface area contributed by atoms with Gasteiger partial charge >= 0.3 is 0 Å². The summed E-state index contributed by atoms with van der Waals surface area (Å²) in [7, 11) is 0. The minimum absolute atomic E-state index is 0.00868. The second kappa shape index (κ2) is 9.38. The number of hydrogen-bond acceptors (Lipinski definition) is 10. The molecule has 13 heteroatoms. The molecular weight excluding hydrogens is 428 g/mol. The molecule has 0 saturated carbocycles. The number of carbonyl (C=O) groups excluding carboxylic acids is 2. The summed E-state index contributed by atoms with van der Waals surface area (Å²) in [4.78, 5) is 24.5. The van der Waals surface area contributed by atoms with Crippen molar-refractivity contribution >= 4 is 29.5 Å². The van der Waals surface area contributed by atoms with Crippen LogP contribution in [0.3, 0.4) is 0 Å². The van der Waals surface area contributed by atoms with Crippen LogP contribution in [0.5, 0.6) is 0 Å². The molecule has 0 spiro atoms. The molecule has 0 saturated heterocycles. The van der Waals surface area contributed by atoms with Crippen LogP contribution in [0.1, 0.15) is 32.1 Å². The maximum atomic E-state index is 12.8. The number of aromatic nitrogens is 5. The third-order valence-corrected chi connectivity index (χ3v) is 4.49. The summed E-state index contributed by atoms with van der Waals surface area (Å²) < 4.78 is 5.84. The predicted molar refractivity (Wildman–Crippen MR) is 117 cm³/mol. The zero-order valence-corrected chi connectivity index (χ0v) is 17.0. The Morgan fingerprint density at radius 1 is 1.09 bits per heavy atom. The lowest BCUT2D eigenvalue weighted by atomic mass is 10.1. The van der Waals surface area contributed by atoms with E-state index in [1.807, 2.05) is 30.3 Å². The number of nitrogen functional groups attached to an aromatic ring is 1. The van der Waals surface area contributed by atoms with Gasteiger partial charge in [-0.15, -0.1) is 5.10 Å². The number of primary amides is 1. The molecule has 2 aromatic heterocycles. The van der Waals surface area contributed by atoms with Crippen molar-refractivity contribution in [1.29, 1.82) is 0 Å². The fourth-order valence-electron chi connectivity index (χ4n) is 2.93. The van der Waals surface area contributed by atoms with E-state index in [9.17, 15) is 9.59 Å². The average Bonchev–Trinajstić information content (AvgIpc) is 3.44. The van der Waals surface area contributed by atoms with E-state index in [2.05, 4.69) is 41.1 Å². The quantitative estimate of drug-likeness (QED) is 0.223. The normalized spacial score (nSPS) is 10.9. The van der Waals surface area contributed by atoms with Gasteiger partial charge in [-0.1, -0.05) is 47.7 Å². The van der Waals surface area contributed by atoms with Crippen LogP contribution in [0.4, 0.5) is 11.5 Å². The average molecular weight is 446 g/mol. The van der Waals surface area contributed by atoms with Crippen LogP contribution in [0.15, 0.2) is 64.3 Å². The van der Waals surface area contributed by atoms with Crippen LogP contribution < -0.4 is 22.2 Å². The molecule has 0 bridgehead atoms. The third-order valence-electron chi connectivity index (χ3n) is 4.49. The first kappa shape index (κ1) is 21.2. The summed E-state index contributed by atoms with van der Waals surface area (Å²) in [6, 6.07) is 15.9. The second-order valence-electron chi connectivity index (χ2n) is 6.64. The van der Waals surface area contributed by atoms with Crippen LogP contribution >= 0.6 is 0 Å². The minimum atomic E-state index is -0.622. The third kappa shape index (κ3) is 4.66. The zero-order chi connectivity index (χ0) is 23.2. The monoisotopic (exact) mass is 446 g/mol. The molecule has 0 unspecified atom stereocenters. The number of hydrogen-bond donors (Lipinski definition) is 4. The van der Waals surface area contributed by atoms with Gasteiger partial charge in [0.15, 0.2) is 5.69 Å². The molecule has 0 aliphatic rings. The number of amides is 2. The molecule has 2 aromatic carbocycles. The molecule has 0 aliphatic heterocycles. The van der Waals surface area contributed by atoms with Crippen LogP contribution in [0.2, 0.25) is 0 Å². The van der Waals surface area contributed by atoms with E-state index in [4.69, 9.17) is 11.5 Å². The summed E-state index contributed by atoms with van der Waals surface area (Å²) in [6.45, 7) is 0.00868. The number of carbonyl (C=O) groups is 2. The first-order valence-electron chi connectivity index (χ1n) is 9.58. The second-order valence-corrected chi connectivity index (χ2v) is 6.64. The van der Waals surface area contributed by atoms with Crippen molar-refractivity contribution in [2.24, 2.45) is 10.8 Å². The highest BCUT2D eigenvalue weighted by atomic mass is 16.6. The number of nitrogens with one attached hydrogen (secondary N) is 2. The summed E-state index contributed by atoms with van der Waals surface area (Å²) >= 11 is 0. The molecule has 4 rings (SSSR count). The number of nitrogens with zero attached hydrogens (tertiary/aromatic N) is 6. The van der Waals surface area contributed by atoms with E-state index < -0.39 is 11.8 Å². The lowest BCUT2D eigenvalue weighted by molar-refractivity contribution is 0.0947. The topological polar surface area (TPSA) is 192 Å². The molecule has 0 radical (unpaired) electrons. The molecule has 0 fully saturated rings. The molecule has 13 nitrogen and oxygen atoms in total. The van der Waals surface area contributed by atoms with E-state index in [-0.39, 0.29) is 35.1 Å². The fraction of sp³-hybridized carbons (Fsp3) is 0.0500.